The number of halogens is 2. The molecule has 0 spiro atoms. The van der Waals surface area contributed by atoms with E-state index < -0.39 is 11.8 Å². The van der Waals surface area contributed by atoms with E-state index in [2.05, 4.69) is 10.9 Å². The summed E-state index contributed by atoms with van der Waals surface area (Å²) in [4.78, 5) is 23.4. The van der Waals surface area contributed by atoms with Crippen LogP contribution < -0.4 is 15.6 Å². The smallest absolute Gasteiger partial charge is 0.262 e. The summed E-state index contributed by atoms with van der Waals surface area (Å²) in [5.41, 5.74) is 6.10. The van der Waals surface area contributed by atoms with Crippen molar-refractivity contribution in [2.24, 2.45) is 0 Å². The minimum atomic E-state index is -0.484. The Labute approximate surface area is 161 Å². The monoisotopic (exact) mass is 390 g/mol. The van der Waals surface area contributed by atoms with E-state index in [1.807, 2.05) is 0 Å². The Bertz CT molecular complexity index is 846. The van der Waals surface area contributed by atoms with Gasteiger partial charge in [-0.05, 0) is 47.5 Å². The van der Waals surface area contributed by atoms with Crippen molar-refractivity contribution in [3.05, 3.63) is 75.8 Å². The standard InChI is InChI=1S/C19H16Cl2N2O3/c1-26-15-7-2-13(3-8-15)5-10-18(24)22-23-19(25)11-6-14-4-9-16(20)17(21)12-14/h2-12H,1H3,(H,22,24)(H,23,25)/b10-5+,11-6+. The topological polar surface area (TPSA) is 67.4 Å². The maximum Gasteiger partial charge on any atom is 0.262 e. The summed E-state index contributed by atoms with van der Waals surface area (Å²) in [6.07, 6.45) is 5.75. The summed E-state index contributed by atoms with van der Waals surface area (Å²) in [6.45, 7) is 0. The van der Waals surface area contributed by atoms with Crippen molar-refractivity contribution in [1.29, 1.82) is 0 Å². The number of carbonyl (C=O) groups excluding carboxylic acids is 2. The third kappa shape index (κ3) is 6.27. The van der Waals surface area contributed by atoms with Crippen LogP contribution in [0.5, 0.6) is 5.75 Å². The lowest BCUT2D eigenvalue weighted by atomic mass is 10.2. The fraction of sp³-hybridized carbons (Fsp3) is 0.0526. The normalized spacial score (nSPS) is 10.9. The third-order valence-electron chi connectivity index (χ3n) is 3.22. The van der Waals surface area contributed by atoms with Crippen LogP contribution in [0.3, 0.4) is 0 Å². The Morgan fingerprint density at radius 2 is 1.38 bits per heavy atom. The highest BCUT2D eigenvalue weighted by molar-refractivity contribution is 6.42. The highest BCUT2D eigenvalue weighted by atomic mass is 35.5. The average Bonchev–Trinajstić information content (AvgIpc) is 2.66. The first-order valence-corrected chi connectivity index (χ1v) is 8.29. The molecule has 2 aromatic carbocycles. The average molecular weight is 391 g/mol. The number of ether oxygens (including phenoxy) is 1. The lowest BCUT2D eigenvalue weighted by molar-refractivity contribution is -0.123. The van der Waals surface area contributed by atoms with Gasteiger partial charge in [0.25, 0.3) is 11.8 Å². The molecule has 0 bridgehead atoms. The molecule has 5 nitrogen and oxygen atoms in total. The van der Waals surface area contributed by atoms with Crippen LogP contribution in [-0.2, 0) is 9.59 Å². The van der Waals surface area contributed by atoms with E-state index in [-0.39, 0.29) is 0 Å². The molecule has 7 heteroatoms. The molecule has 2 aromatic rings. The first-order chi connectivity index (χ1) is 12.5. The summed E-state index contributed by atoms with van der Waals surface area (Å²) in [6, 6.07) is 12.2. The van der Waals surface area contributed by atoms with Crippen molar-refractivity contribution in [1.82, 2.24) is 10.9 Å². The zero-order valence-electron chi connectivity index (χ0n) is 13.8. The first-order valence-electron chi connectivity index (χ1n) is 7.53. The Hall–Kier alpha value is -2.76. The molecular weight excluding hydrogens is 375 g/mol. The van der Waals surface area contributed by atoms with Crippen LogP contribution in [0.15, 0.2) is 54.6 Å². The number of nitrogens with one attached hydrogen (secondary N) is 2. The van der Waals surface area contributed by atoms with Gasteiger partial charge in [-0.15, -0.1) is 0 Å². The van der Waals surface area contributed by atoms with E-state index in [1.165, 1.54) is 12.2 Å². The number of carbonyl (C=O) groups is 2. The summed E-state index contributed by atoms with van der Waals surface area (Å²) >= 11 is 11.7. The molecule has 2 N–H and O–H groups in total. The van der Waals surface area contributed by atoms with E-state index >= 15 is 0 Å². The second kappa shape index (κ2) is 9.65. The molecule has 0 atom stereocenters. The van der Waals surface area contributed by atoms with Crippen molar-refractivity contribution in [2.45, 2.75) is 0 Å². The maximum atomic E-state index is 11.7. The molecular formula is C19H16Cl2N2O3. The SMILES string of the molecule is COc1ccc(/C=C/C(=O)NNC(=O)/C=C/c2ccc(Cl)c(Cl)c2)cc1. The van der Waals surface area contributed by atoms with Gasteiger partial charge in [0.15, 0.2) is 0 Å². The molecule has 0 heterocycles. The minimum absolute atomic E-state index is 0.395. The Kier molecular flexibility index (Phi) is 7.26. The summed E-state index contributed by atoms with van der Waals surface area (Å²) < 4.78 is 5.06. The lowest BCUT2D eigenvalue weighted by Gasteiger charge is -2.02. The van der Waals surface area contributed by atoms with Gasteiger partial charge in [0.2, 0.25) is 0 Å². The quantitative estimate of drug-likeness (QED) is 0.601. The number of hydrogen-bond acceptors (Lipinski definition) is 3. The van der Waals surface area contributed by atoms with Crippen LogP contribution in [-0.4, -0.2) is 18.9 Å². The van der Waals surface area contributed by atoms with Gasteiger partial charge in [-0.25, -0.2) is 0 Å². The van der Waals surface area contributed by atoms with Gasteiger partial charge in [0.05, 0.1) is 17.2 Å². The second-order valence-corrected chi connectivity index (χ2v) is 5.91. The van der Waals surface area contributed by atoms with Gasteiger partial charge < -0.3 is 4.74 Å². The lowest BCUT2D eigenvalue weighted by Crippen LogP contribution is -2.39. The van der Waals surface area contributed by atoms with Crippen LogP contribution >= 0.6 is 23.2 Å². The van der Waals surface area contributed by atoms with E-state index in [0.29, 0.717) is 15.6 Å². The number of hydrogen-bond donors (Lipinski definition) is 2. The molecule has 26 heavy (non-hydrogen) atoms. The fourth-order valence-electron chi connectivity index (χ4n) is 1.88. The second-order valence-electron chi connectivity index (χ2n) is 5.09. The maximum absolute atomic E-state index is 11.7. The summed E-state index contributed by atoms with van der Waals surface area (Å²) in [5.74, 6) is -0.216. The molecule has 0 aromatic heterocycles. The van der Waals surface area contributed by atoms with Gasteiger partial charge >= 0.3 is 0 Å². The van der Waals surface area contributed by atoms with Crippen molar-refractivity contribution >= 4 is 47.2 Å². The molecule has 0 aliphatic heterocycles. The van der Waals surface area contributed by atoms with Gasteiger partial charge in [0.1, 0.15) is 5.75 Å². The predicted octanol–water partition coefficient (Wildman–Crippen LogP) is 3.88. The number of rotatable bonds is 5. The van der Waals surface area contributed by atoms with E-state index in [1.54, 1.807) is 61.7 Å². The van der Waals surface area contributed by atoms with Crippen molar-refractivity contribution in [2.75, 3.05) is 7.11 Å². The van der Waals surface area contributed by atoms with E-state index in [0.717, 1.165) is 11.3 Å². The molecule has 0 saturated heterocycles. The number of benzene rings is 2. The number of amides is 2. The highest BCUT2D eigenvalue weighted by Crippen LogP contribution is 2.23. The van der Waals surface area contributed by atoms with Crippen molar-refractivity contribution < 1.29 is 14.3 Å². The molecule has 0 aliphatic carbocycles. The largest absolute Gasteiger partial charge is 0.497 e. The number of methoxy groups -OCH3 is 1. The minimum Gasteiger partial charge on any atom is -0.497 e. The first kappa shape index (κ1) is 19.6. The molecule has 2 amide bonds. The van der Waals surface area contributed by atoms with Gasteiger partial charge in [-0.1, -0.05) is 41.4 Å². The molecule has 2 rings (SSSR count). The van der Waals surface area contributed by atoms with Crippen molar-refractivity contribution in [3.8, 4) is 5.75 Å². The molecule has 0 aliphatic rings. The zero-order valence-corrected chi connectivity index (χ0v) is 15.3. The Balaban J connectivity index is 1.82. The van der Waals surface area contributed by atoms with E-state index in [9.17, 15) is 9.59 Å². The summed E-state index contributed by atoms with van der Waals surface area (Å²) in [5, 5.41) is 0.829. The van der Waals surface area contributed by atoms with E-state index in [4.69, 9.17) is 27.9 Å². The van der Waals surface area contributed by atoms with Crippen LogP contribution in [0.4, 0.5) is 0 Å². The zero-order chi connectivity index (χ0) is 18.9. The number of hydrazine groups is 1. The molecule has 134 valence electrons. The van der Waals surface area contributed by atoms with Gasteiger partial charge in [0, 0.05) is 12.2 Å². The van der Waals surface area contributed by atoms with Crippen LogP contribution in [0.2, 0.25) is 10.0 Å². The highest BCUT2D eigenvalue weighted by Gasteiger charge is 2.00. The van der Waals surface area contributed by atoms with Crippen LogP contribution in [0.1, 0.15) is 11.1 Å². The van der Waals surface area contributed by atoms with Gasteiger partial charge in [-0.3, -0.25) is 20.4 Å². The molecule has 0 unspecified atom stereocenters. The summed E-state index contributed by atoms with van der Waals surface area (Å²) in [7, 11) is 1.58. The fourth-order valence-corrected chi connectivity index (χ4v) is 2.19. The third-order valence-corrected chi connectivity index (χ3v) is 3.96. The van der Waals surface area contributed by atoms with Crippen LogP contribution in [0, 0.1) is 0 Å². The molecule has 0 saturated carbocycles. The van der Waals surface area contributed by atoms with Gasteiger partial charge in [-0.2, -0.15) is 0 Å². The Morgan fingerprint density at radius 3 is 1.92 bits per heavy atom. The molecule has 0 fully saturated rings. The Morgan fingerprint density at radius 1 is 0.846 bits per heavy atom. The predicted molar refractivity (Wildman–Crippen MR) is 104 cm³/mol. The van der Waals surface area contributed by atoms with Crippen molar-refractivity contribution in [3.63, 3.8) is 0 Å². The molecule has 0 radical (unpaired) electrons. The van der Waals surface area contributed by atoms with Crippen LogP contribution in [0.25, 0.3) is 12.2 Å².